The average Bonchev–Trinajstić information content (AvgIpc) is 3.37. The van der Waals surface area contributed by atoms with E-state index >= 15 is 0 Å². The Morgan fingerprint density at radius 3 is 2.30 bits per heavy atom. The molecular weight excluding hydrogens is 658 g/mol. The third-order valence-corrected chi connectivity index (χ3v) is 9.49. The Kier molecular flexibility index (Phi) is 10.00. The molecule has 16 heteroatoms. The fourth-order valence-corrected chi connectivity index (χ4v) is 6.62. The molecule has 2 aromatic carbocycles. The van der Waals surface area contributed by atoms with Crippen molar-refractivity contribution in [2.45, 2.75) is 63.1 Å². The highest BCUT2D eigenvalue weighted by molar-refractivity contribution is 6.36. The zero-order chi connectivity index (χ0) is 34.3. The predicted octanol–water partition coefficient (Wildman–Crippen LogP) is 7.70. The number of rotatable bonds is 8. The number of fused-ring (bicyclic) bond motifs is 1. The molecule has 0 bridgehead atoms. The highest BCUT2D eigenvalue weighted by Gasteiger charge is 2.39. The minimum Gasteiger partial charge on any atom is -0.458 e. The molecule has 1 amide bonds. The Hall–Kier alpha value is -3.56. The lowest BCUT2D eigenvalue weighted by Crippen LogP contribution is -2.50. The minimum absolute atomic E-state index is 0.102. The van der Waals surface area contributed by atoms with Gasteiger partial charge in [0.15, 0.2) is 0 Å². The molecule has 0 spiro atoms. The molecule has 0 N–H and O–H groups in total. The molecule has 2 aliphatic rings. The highest BCUT2D eigenvalue weighted by Crippen LogP contribution is 2.41. The van der Waals surface area contributed by atoms with E-state index in [0.717, 1.165) is 24.3 Å². The minimum atomic E-state index is -4.86. The molecule has 0 radical (unpaired) electrons. The first-order valence-electron chi connectivity index (χ1n) is 15.1. The van der Waals surface area contributed by atoms with Crippen molar-refractivity contribution in [3.05, 3.63) is 68.4 Å². The second-order valence-electron chi connectivity index (χ2n) is 11.9. The zero-order valence-corrected chi connectivity index (χ0v) is 26.3. The van der Waals surface area contributed by atoms with E-state index in [2.05, 4.69) is 0 Å². The number of carbonyl (C=O) groups is 1. The van der Waals surface area contributed by atoms with E-state index in [0.29, 0.717) is 57.6 Å². The summed E-state index contributed by atoms with van der Waals surface area (Å²) in [6.07, 6.45) is -7.17. The summed E-state index contributed by atoms with van der Waals surface area (Å²) in [5.41, 5.74) is -2.60. The molecule has 2 heterocycles. The van der Waals surface area contributed by atoms with Crippen LogP contribution in [0, 0.1) is 10.1 Å². The smallest absolute Gasteiger partial charge is 0.423 e. The van der Waals surface area contributed by atoms with Crippen molar-refractivity contribution in [1.29, 1.82) is 0 Å². The van der Waals surface area contributed by atoms with Crippen LogP contribution in [0.2, 0.25) is 5.02 Å². The first kappa shape index (κ1) is 34.8. The lowest BCUT2D eigenvalue weighted by atomic mass is 9.91. The Morgan fingerprint density at radius 1 is 1.04 bits per heavy atom. The number of nitro groups is 1. The first-order chi connectivity index (χ1) is 22.0. The zero-order valence-electron chi connectivity index (χ0n) is 25.5. The van der Waals surface area contributed by atoms with E-state index in [9.17, 15) is 41.3 Å². The molecule has 1 saturated heterocycles. The average molecular weight is 691 g/mol. The van der Waals surface area contributed by atoms with Crippen molar-refractivity contribution in [2.24, 2.45) is 0 Å². The van der Waals surface area contributed by atoms with Crippen LogP contribution in [0.5, 0.6) is 0 Å². The van der Waals surface area contributed by atoms with Crippen LogP contribution < -0.4 is 4.90 Å². The summed E-state index contributed by atoms with van der Waals surface area (Å²) in [5.74, 6) is 0.184. The molecule has 1 aliphatic heterocycles. The number of piperazine rings is 1. The van der Waals surface area contributed by atoms with Gasteiger partial charge in [0.1, 0.15) is 23.5 Å². The number of anilines is 1. The normalized spacial score (nSPS) is 20.4. The fraction of sp³-hybridized carbons (Fsp3) is 0.516. The SMILES string of the molecule is CC(c1oc2ccc(C(F)(F)F)cc2c1Cl)N1CCN(C(=O)COC2CCC(N(C)c3ccc([N+](=O)[O-])c(C(F)(F)F)c3)CC2)CC1. The van der Waals surface area contributed by atoms with Crippen LogP contribution in [-0.2, 0) is 21.9 Å². The largest absolute Gasteiger partial charge is 0.458 e. The van der Waals surface area contributed by atoms with Crippen LogP contribution in [-0.4, -0.2) is 72.6 Å². The maximum atomic E-state index is 13.4. The van der Waals surface area contributed by atoms with E-state index in [1.807, 2.05) is 11.8 Å². The molecule has 256 valence electrons. The van der Waals surface area contributed by atoms with Gasteiger partial charge in [-0.15, -0.1) is 0 Å². The van der Waals surface area contributed by atoms with Gasteiger partial charge in [-0.05, 0) is 62.9 Å². The van der Waals surface area contributed by atoms with Crippen LogP contribution in [0.3, 0.4) is 0 Å². The number of hydrogen-bond donors (Lipinski definition) is 0. The Labute approximate surface area is 271 Å². The van der Waals surface area contributed by atoms with E-state index < -0.39 is 34.1 Å². The number of ether oxygens (including phenoxy) is 1. The number of alkyl halides is 6. The third-order valence-electron chi connectivity index (χ3n) is 9.10. The van der Waals surface area contributed by atoms with Gasteiger partial charge in [-0.3, -0.25) is 19.8 Å². The van der Waals surface area contributed by atoms with Crippen LogP contribution >= 0.6 is 11.6 Å². The number of furan rings is 1. The summed E-state index contributed by atoms with van der Waals surface area (Å²) in [6, 6.07) is 5.74. The lowest BCUT2D eigenvalue weighted by Gasteiger charge is -2.38. The second kappa shape index (κ2) is 13.5. The molecule has 1 aromatic heterocycles. The molecule has 1 atom stereocenters. The lowest BCUT2D eigenvalue weighted by molar-refractivity contribution is -0.388. The fourth-order valence-electron chi connectivity index (χ4n) is 6.28. The summed E-state index contributed by atoms with van der Waals surface area (Å²) in [5, 5.41) is 11.4. The summed E-state index contributed by atoms with van der Waals surface area (Å²) < 4.78 is 91.6. The van der Waals surface area contributed by atoms with Crippen molar-refractivity contribution in [3.8, 4) is 0 Å². The van der Waals surface area contributed by atoms with Gasteiger partial charge in [0.2, 0.25) is 5.91 Å². The number of nitro benzene ring substituents is 1. The standard InChI is InChI=1S/C31H33ClF6N4O5/c1-18(29-28(32)23-15-19(30(33,34)35)3-10-26(23)47-29)40-11-13-41(14-12-40)27(43)17-46-22-7-4-20(5-8-22)39(2)21-6-9-25(42(44)45)24(16-21)31(36,37)38/h3,6,9-10,15-16,18,20,22H,4-5,7-8,11-14,17H2,1-2H3. The van der Waals surface area contributed by atoms with Crippen molar-refractivity contribution in [2.75, 3.05) is 44.7 Å². The Bertz CT molecular complexity index is 1610. The molecular formula is C31H33ClF6N4O5. The van der Waals surface area contributed by atoms with Gasteiger partial charge in [-0.1, -0.05) is 11.6 Å². The molecule has 1 unspecified atom stereocenters. The predicted molar refractivity (Wildman–Crippen MR) is 161 cm³/mol. The third kappa shape index (κ3) is 7.62. The molecule has 5 rings (SSSR count). The van der Waals surface area contributed by atoms with Crippen LogP contribution in [0.25, 0.3) is 11.0 Å². The van der Waals surface area contributed by atoms with E-state index in [1.54, 1.807) is 16.8 Å². The van der Waals surface area contributed by atoms with Crippen molar-refractivity contribution in [1.82, 2.24) is 9.80 Å². The molecule has 2 fully saturated rings. The van der Waals surface area contributed by atoms with Gasteiger partial charge in [0.25, 0.3) is 5.69 Å². The summed E-state index contributed by atoms with van der Waals surface area (Å²) in [7, 11) is 1.66. The Balaban J connectivity index is 1.09. The van der Waals surface area contributed by atoms with Gasteiger partial charge in [-0.2, -0.15) is 26.3 Å². The number of halogens is 7. The topological polar surface area (TPSA) is 92.3 Å². The molecule has 1 aliphatic carbocycles. The second-order valence-corrected chi connectivity index (χ2v) is 12.3. The van der Waals surface area contributed by atoms with E-state index in [4.69, 9.17) is 20.8 Å². The van der Waals surface area contributed by atoms with Crippen molar-refractivity contribution in [3.63, 3.8) is 0 Å². The summed E-state index contributed by atoms with van der Waals surface area (Å²) in [6.45, 7) is 3.54. The number of benzene rings is 2. The number of amides is 1. The Morgan fingerprint density at radius 2 is 1.70 bits per heavy atom. The van der Waals surface area contributed by atoms with Crippen molar-refractivity contribution >= 4 is 39.9 Å². The van der Waals surface area contributed by atoms with Crippen LogP contribution in [0.1, 0.15) is 55.5 Å². The number of carbonyl (C=O) groups excluding carboxylic acids is 1. The van der Waals surface area contributed by atoms with Crippen LogP contribution in [0.4, 0.5) is 37.7 Å². The van der Waals surface area contributed by atoms with Crippen molar-refractivity contribution < 1.29 is 45.2 Å². The van der Waals surface area contributed by atoms with E-state index in [1.165, 1.54) is 12.1 Å². The maximum Gasteiger partial charge on any atom is 0.423 e. The van der Waals surface area contributed by atoms with Gasteiger partial charge in [-0.25, -0.2) is 0 Å². The number of nitrogens with zero attached hydrogens (tertiary/aromatic N) is 4. The number of hydrogen-bond acceptors (Lipinski definition) is 7. The molecule has 47 heavy (non-hydrogen) atoms. The van der Waals surface area contributed by atoms with Crippen LogP contribution in [0.15, 0.2) is 40.8 Å². The molecule has 3 aromatic rings. The maximum absolute atomic E-state index is 13.4. The summed E-state index contributed by atoms with van der Waals surface area (Å²) in [4.78, 5) is 28.4. The monoisotopic (exact) mass is 690 g/mol. The van der Waals surface area contributed by atoms with Gasteiger partial charge >= 0.3 is 12.4 Å². The van der Waals surface area contributed by atoms with E-state index in [-0.39, 0.29) is 52.4 Å². The quantitative estimate of drug-likeness (QED) is 0.136. The highest BCUT2D eigenvalue weighted by atomic mass is 35.5. The summed E-state index contributed by atoms with van der Waals surface area (Å²) >= 11 is 6.45. The van der Waals surface area contributed by atoms with Gasteiger partial charge in [0, 0.05) is 56.4 Å². The van der Waals surface area contributed by atoms with Gasteiger partial charge < -0.3 is 19.0 Å². The van der Waals surface area contributed by atoms with Gasteiger partial charge in [0.05, 0.1) is 27.7 Å². The first-order valence-corrected chi connectivity index (χ1v) is 15.4. The molecule has 1 saturated carbocycles. The molecule has 9 nitrogen and oxygen atoms in total.